The van der Waals surface area contributed by atoms with E-state index in [0.29, 0.717) is 74.6 Å². The summed E-state index contributed by atoms with van der Waals surface area (Å²) in [5.74, 6) is 1.24. The minimum absolute atomic E-state index is 0.297. The first-order valence-corrected chi connectivity index (χ1v) is 12.5. The average Bonchev–Trinajstić information content (AvgIpc) is 2.91. The Labute approximate surface area is 223 Å². The molecule has 0 unspecified atom stereocenters. The molecule has 0 atom stereocenters. The van der Waals surface area contributed by atoms with Crippen molar-refractivity contribution in [1.29, 1.82) is 5.26 Å². The Balaban J connectivity index is 1.40. The Morgan fingerprint density at radius 2 is 1.39 bits per heavy atom. The lowest BCUT2D eigenvalue weighted by atomic mass is 10.0. The largest absolute Gasteiger partial charge is 0.494 e. The average molecular weight is 516 g/mol. The van der Waals surface area contributed by atoms with E-state index in [1.54, 1.807) is 18.2 Å². The number of carboxylic acids is 1. The van der Waals surface area contributed by atoms with Crippen molar-refractivity contribution in [1.82, 2.24) is 0 Å². The van der Waals surface area contributed by atoms with E-state index in [4.69, 9.17) is 30.9 Å². The molecular weight excluding hydrogens is 482 g/mol. The molecule has 0 aliphatic heterocycles. The molecule has 8 heteroatoms. The van der Waals surface area contributed by atoms with E-state index in [1.165, 1.54) is 0 Å². The number of nitrogen functional groups attached to an aromatic ring is 2. The van der Waals surface area contributed by atoms with Gasteiger partial charge in [-0.3, -0.25) is 0 Å². The van der Waals surface area contributed by atoms with Crippen molar-refractivity contribution < 1.29 is 24.1 Å². The molecule has 5 N–H and O–H groups in total. The van der Waals surface area contributed by atoms with Crippen molar-refractivity contribution in [2.45, 2.75) is 32.1 Å². The monoisotopic (exact) mass is 515 g/mol. The van der Waals surface area contributed by atoms with Crippen LogP contribution in [-0.4, -0.2) is 30.9 Å². The van der Waals surface area contributed by atoms with Gasteiger partial charge < -0.3 is 30.8 Å². The number of anilines is 2. The van der Waals surface area contributed by atoms with Gasteiger partial charge >= 0.3 is 5.97 Å². The number of rotatable bonds is 15. The zero-order chi connectivity index (χ0) is 27.2. The van der Waals surface area contributed by atoms with E-state index in [-0.39, 0.29) is 0 Å². The highest BCUT2D eigenvalue weighted by molar-refractivity contribution is 5.92. The number of aryl methyl sites for hydroxylation is 1. The van der Waals surface area contributed by atoms with Crippen molar-refractivity contribution in [2.75, 3.05) is 31.3 Å². The molecule has 3 rings (SSSR count). The van der Waals surface area contributed by atoms with Crippen LogP contribution in [0.15, 0.2) is 72.3 Å². The lowest BCUT2D eigenvalue weighted by Gasteiger charge is -2.10. The van der Waals surface area contributed by atoms with Gasteiger partial charge in [-0.25, -0.2) is 4.79 Å². The number of nitrogens with two attached hydrogens (primary N) is 2. The van der Waals surface area contributed by atoms with Crippen LogP contribution in [0.25, 0.3) is 6.08 Å². The number of aliphatic carboxylic acids is 1. The fraction of sp³-hybridized carbons (Fsp3) is 0.267. The Morgan fingerprint density at radius 3 is 1.92 bits per heavy atom. The van der Waals surface area contributed by atoms with Crippen LogP contribution < -0.4 is 25.7 Å². The molecule has 8 nitrogen and oxygen atoms in total. The van der Waals surface area contributed by atoms with Gasteiger partial charge in [0.15, 0.2) is 0 Å². The molecule has 0 saturated heterocycles. The summed E-state index contributed by atoms with van der Waals surface area (Å²) < 4.78 is 17.1. The summed E-state index contributed by atoms with van der Waals surface area (Å²) in [4.78, 5) is 11.7. The predicted molar refractivity (Wildman–Crippen MR) is 148 cm³/mol. The Kier molecular flexibility index (Phi) is 10.9. The van der Waals surface area contributed by atoms with Crippen molar-refractivity contribution in [3.05, 3.63) is 83.4 Å². The van der Waals surface area contributed by atoms with Crippen molar-refractivity contribution in [2.24, 2.45) is 0 Å². The van der Waals surface area contributed by atoms with Crippen molar-refractivity contribution in [3.63, 3.8) is 0 Å². The van der Waals surface area contributed by atoms with Crippen LogP contribution in [0.1, 0.15) is 36.8 Å². The lowest BCUT2D eigenvalue weighted by molar-refractivity contribution is -0.132. The zero-order valence-electron chi connectivity index (χ0n) is 21.3. The Morgan fingerprint density at radius 1 is 0.842 bits per heavy atom. The van der Waals surface area contributed by atoms with Gasteiger partial charge in [0.25, 0.3) is 0 Å². The van der Waals surface area contributed by atoms with Gasteiger partial charge in [0, 0.05) is 29.8 Å². The summed E-state index contributed by atoms with van der Waals surface area (Å²) in [6.45, 7) is 1.51. The molecule has 3 aromatic rings. The number of unbranched alkanes of at least 4 members (excludes halogenated alkanes) is 1. The lowest BCUT2D eigenvalue weighted by Crippen LogP contribution is -2.05. The fourth-order valence-corrected chi connectivity index (χ4v) is 3.63. The van der Waals surface area contributed by atoms with E-state index in [1.807, 2.05) is 54.6 Å². The highest BCUT2D eigenvalue weighted by Crippen LogP contribution is 2.22. The molecule has 0 spiro atoms. The molecule has 0 fully saturated rings. The van der Waals surface area contributed by atoms with Crippen LogP contribution >= 0.6 is 0 Å². The minimum Gasteiger partial charge on any atom is -0.494 e. The molecule has 0 bridgehead atoms. The summed E-state index contributed by atoms with van der Waals surface area (Å²) in [6.07, 6.45) is 4.41. The molecule has 198 valence electrons. The quantitative estimate of drug-likeness (QED) is 0.137. The second-order valence-electron chi connectivity index (χ2n) is 8.63. The normalized spacial score (nSPS) is 11.0. The summed E-state index contributed by atoms with van der Waals surface area (Å²) in [7, 11) is 0. The summed E-state index contributed by atoms with van der Waals surface area (Å²) in [5, 5.41) is 18.2. The SMILES string of the molecule is N#CCCCOc1ccc(OCCCOc2ccc(C=C(CCc3ccc(N)cc3N)C(=O)O)cc2)cc1. The van der Waals surface area contributed by atoms with Crippen LogP contribution in [0.5, 0.6) is 17.2 Å². The van der Waals surface area contributed by atoms with Gasteiger partial charge in [0.1, 0.15) is 17.2 Å². The van der Waals surface area contributed by atoms with E-state index >= 15 is 0 Å². The summed E-state index contributed by atoms with van der Waals surface area (Å²) in [5.41, 5.74) is 14.8. The van der Waals surface area contributed by atoms with Crippen LogP contribution in [0.2, 0.25) is 0 Å². The topological polar surface area (TPSA) is 141 Å². The van der Waals surface area contributed by atoms with Crippen LogP contribution in [0, 0.1) is 11.3 Å². The van der Waals surface area contributed by atoms with Crippen LogP contribution in [-0.2, 0) is 11.2 Å². The van der Waals surface area contributed by atoms with Gasteiger partial charge in [-0.15, -0.1) is 0 Å². The number of nitriles is 1. The second kappa shape index (κ2) is 14.8. The molecule has 0 radical (unpaired) electrons. The second-order valence-corrected chi connectivity index (χ2v) is 8.63. The molecule has 0 aliphatic carbocycles. The van der Waals surface area contributed by atoms with E-state index in [0.717, 1.165) is 22.6 Å². The minimum atomic E-state index is -0.961. The Hall–Kier alpha value is -4.64. The standard InChI is InChI=1S/C30H33N3O5/c31-16-1-2-17-36-27-12-14-28(15-13-27)38-19-3-18-37-26-10-4-22(5-11-26)20-24(30(34)35)7-6-23-8-9-25(32)21-29(23)33/h4-5,8-15,20-21H,1-3,6-7,17-19,32-33H2,(H,34,35). The van der Waals surface area contributed by atoms with Crippen molar-refractivity contribution >= 4 is 23.4 Å². The number of nitrogens with zero attached hydrogens (tertiary/aromatic N) is 1. The van der Waals surface area contributed by atoms with Crippen LogP contribution in [0.4, 0.5) is 11.4 Å². The third-order valence-electron chi connectivity index (χ3n) is 5.68. The maximum Gasteiger partial charge on any atom is 0.331 e. The number of ether oxygens (including phenoxy) is 3. The molecule has 0 amide bonds. The molecule has 38 heavy (non-hydrogen) atoms. The molecule has 0 heterocycles. The van der Waals surface area contributed by atoms with Gasteiger partial charge in [-0.1, -0.05) is 18.2 Å². The first kappa shape index (κ1) is 27.9. The molecule has 0 aliphatic rings. The number of hydrogen-bond donors (Lipinski definition) is 3. The van der Waals surface area contributed by atoms with Gasteiger partial charge in [0.2, 0.25) is 0 Å². The number of benzene rings is 3. The maximum absolute atomic E-state index is 11.7. The first-order chi connectivity index (χ1) is 18.4. The number of hydrogen-bond acceptors (Lipinski definition) is 7. The Bertz CT molecular complexity index is 1250. The smallest absolute Gasteiger partial charge is 0.331 e. The highest BCUT2D eigenvalue weighted by atomic mass is 16.5. The third kappa shape index (κ3) is 9.43. The van der Waals surface area contributed by atoms with Gasteiger partial charge in [0.05, 0.1) is 25.9 Å². The maximum atomic E-state index is 11.7. The van der Waals surface area contributed by atoms with Gasteiger partial charge in [-0.05, 0) is 85.0 Å². The number of carboxylic acid groups (broad SMARTS) is 1. The molecule has 3 aromatic carbocycles. The summed E-state index contributed by atoms with van der Waals surface area (Å²) in [6, 6.07) is 22.0. The predicted octanol–water partition coefficient (Wildman–Crippen LogP) is 5.48. The van der Waals surface area contributed by atoms with Gasteiger partial charge in [-0.2, -0.15) is 5.26 Å². The number of carbonyl (C=O) groups is 1. The molecular formula is C30H33N3O5. The van der Waals surface area contributed by atoms with E-state index in [9.17, 15) is 9.90 Å². The van der Waals surface area contributed by atoms with E-state index in [2.05, 4.69) is 6.07 Å². The van der Waals surface area contributed by atoms with Crippen molar-refractivity contribution in [3.8, 4) is 23.3 Å². The molecule has 0 aromatic heterocycles. The first-order valence-electron chi connectivity index (χ1n) is 12.5. The van der Waals surface area contributed by atoms with E-state index < -0.39 is 5.97 Å². The zero-order valence-corrected chi connectivity index (χ0v) is 21.3. The molecule has 0 saturated carbocycles. The highest BCUT2D eigenvalue weighted by Gasteiger charge is 2.10. The fourth-order valence-electron chi connectivity index (χ4n) is 3.63. The van der Waals surface area contributed by atoms with Crippen LogP contribution in [0.3, 0.4) is 0 Å². The third-order valence-corrected chi connectivity index (χ3v) is 5.68. The summed E-state index contributed by atoms with van der Waals surface area (Å²) >= 11 is 0.